The Morgan fingerprint density at radius 3 is 1.43 bits per heavy atom. The minimum Gasteiger partial charge on any atom is -0.356 e. The molecule has 0 radical (unpaired) electrons. The van der Waals surface area contributed by atoms with Gasteiger partial charge in [0.2, 0.25) is 0 Å². The van der Waals surface area contributed by atoms with Gasteiger partial charge >= 0.3 is 128 Å². The van der Waals surface area contributed by atoms with Crippen molar-refractivity contribution in [1.29, 1.82) is 0 Å². The number of ether oxygens (including phenoxy) is 5. The van der Waals surface area contributed by atoms with Gasteiger partial charge in [-0.1, -0.05) is 43.3 Å². The smallest absolute Gasteiger partial charge is 0.356 e. The lowest BCUT2D eigenvalue weighted by Crippen LogP contribution is -2.90. The molecule has 1 N–H and O–H groups in total. The van der Waals surface area contributed by atoms with Gasteiger partial charge in [-0.25, -0.2) is 46.8 Å². The molecular formula is C18H14O52S9. The molecule has 61 heteroatoms. The molecule has 13 saturated heterocycles. The number of rotatable bonds is 0. The first-order valence-corrected chi connectivity index (χ1v) is 30.7. The maximum absolute atomic E-state index is 14.2. The van der Waals surface area contributed by atoms with E-state index in [0.29, 0.717) is 0 Å². The Hall–Kier alpha value is -1.81. The molecule has 13 aliphatic rings. The van der Waals surface area contributed by atoms with Gasteiger partial charge in [0, 0.05) is 0 Å². The Balaban J connectivity index is 1.35. The van der Waals surface area contributed by atoms with Crippen LogP contribution in [0, 0.1) is 0 Å². The molecule has 0 aromatic carbocycles. The van der Waals surface area contributed by atoms with E-state index in [2.05, 4.69) is 93.6 Å². The van der Waals surface area contributed by atoms with Gasteiger partial charge in [-0.05, 0) is 0 Å². The SMILES string of the molecule is O=S1(=O)OOC[C@@]23O[C@]45O[C@]6(COOS(=O)(=O)O2)O[C@@]27COOS(=O)(=O)OO[C@]38OS(=O)(=O)O[C@@]83OOS(=O)(=O)OO[C@H]8[C@@H](OO1)[C@H]1COOS(=O)(=O)O[C@]6(O[C@@H](O1)[C@@H]8OOS(=O)(=O)OO[C@]43OS(=O)(=O)O5)[C@@]2(O)OS(=O)(=O)O7. The van der Waals surface area contributed by atoms with Crippen LogP contribution in [0.15, 0.2) is 0 Å². The molecular weight excluding hydrogens is 1340 g/mol. The molecule has 0 saturated carbocycles. The van der Waals surface area contributed by atoms with Crippen molar-refractivity contribution >= 4 is 93.6 Å². The van der Waals surface area contributed by atoms with Crippen LogP contribution in [0.25, 0.3) is 0 Å². The zero-order chi connectivity index (χ0) is 57.0. The van der Waals surface area contributed by atoms with Crippen LogP contribution < -0.4 is 0 Å². The van der Waals surface area contributed by atoms with Crippen LogP contribution in [-0.4, -0.2) is 190 Å². The fourth-order valence-electron chi connectivity index (χ4n) is 8.24. The molecule has 13 fully saturated rings. The van der Waals surface area contributed by atoms with Crippen LogP contribution in [0.2, 0.25) is 0 Å². The summed E-state index contributed by atoms with van der Waals surface area (Å²) in [6.07, 6.45) is -16.2. The van der Waals surface area contributed by atoms with E-state index in [4.69, 9.17) is 55.8 Å². The first-order chi connectivity index (χ1) is 36.2. The maximum Gasteiger partial charge on any atom is 0.453 e. The van der Waals surface area contributed by atoms with Crippen LogP contribution in [0.5, 0.6) is 0 Å². The van der Waals surface area contributed by atoms with E-state index in [1.54, 1.807) is 0 Å². The Morgan fingerprint density at radius 1 is 0.342 bits per heavy atom. The molecule has 0 unspecified atom stereocenters. The molecule has 0 amide bonds. The van der Waals surface area contributed by atoms with Crippen LogP contribution >= 0.6 is 0 Å². The summed E-state index contributed by atoms with van der Waals surface area (Å²) in [7, 11) is -61.7. The zero-order valence-electron chi connectivity index (χ0n) is 35.2. The summed E-state index contributed by atoms with van der Waals surface area (Å²) >= 11 is 0. The van der Waals surface area contributed by atoms with Crippen LogP contribution in [0.3, 0.4) is 0 Å². The van der Waals surface area contributed by atoms with Crippen molar-refractivity contribution in [2.75, 3.05) is 26.4 Å². The lowest BCUT2D eigenvalue weighted by molar-refractivity contribution is -0.680. The van der Waals surface area contributed by atoms with E-state index in [1.165, 1.54) is 0 Å². The molecule has 12 bridgehead atoms. The summed E-state index contributed by atoms with van der Waals surface area (Å²) in [6, 6.07) is 0. The van der Waals surface area contributed by atoms with Crippen molar-refractivity contribution in [2.24, 2.45) is 0 Å². The van der Waals surface area contributed by atoms with Crippen LogP contribution in [0.1, 0.15) is 0 Å². The third kappa shape index (κ3) is 8.49. The Kier molecular flexibility index (Phi) is 12.6. The molecule has 452 valence electrons. The monoisotopic (exact) mass is 1350 g/mol. The summed E-state index contributed by atoms with van der Waals surface area (Å²) < 4.78 is 358. The molecule has 0 aromatic rings. The van der Waals surface area contributed by atoms with Gasteiger partial charge in [0.15, 0.2) is 24.6 Å². The Bertz CT molecular complexity index is 3680. The predicted molar refractivity (Wildman–Crippen MR) is 181 cm³/mol. The first-order valence-electron chi connectivity index (χ1n) is 18.7. The highest BCUT2D eigenvalue weighted by molar-refractivity contribution is 7.84. The molecule has 13 rings (SSSR count). The number of hydrogen-bond acceptors (Lipinski definition) is 52. The standard InChI is InChI=1S/C18H14O52S9/c19-13-10(53-71(20,21)55-13)2-39-64-77(32,33)68-50-15-12-4-41-63-76(30,31)65-44-6-5-1-38-61-75(28,29)56-14(13)11(47-10,3-40-62-74(26,27)54-12)48-18(49-12)17(59-73(24,25)60-18)16(15,58-72(22,23)57-15)51-69-78(34,35)66-45-7(6)8(9(42-5)43-14)46-67-79(36,37)70-52-17/h5-9,19H,1-4H2/t5-,6+,7+,8-,9-,10-,11+,12-,13+,14+,15+,16+,17-,18-/m1/s1. The van der Waals surface area contributed by atoms with Crippen molar-refractivity contribution in [2.45, 2.75) is 83.0 Å². The molecule has 13 heterocycles. The predicted octanol–water partition coefficient (Wildman–Crippen LogP) is -10.9. The largest absolute Gasteiger partial charge is 0.453 e. The van der Waals surface area contributed by atoms with Gasteiger partial charge in [-0.2, -0.15) is 111 Å². The highest BCUT2D eigenvalue weighted by atomic mass is 32.3. The van der Waals surface area contributed by atoms with E-state index in [-0.39, 0.29) is 0 Å². The molecule has 13 aliphatic heterocycles. The van der Waals surface area contributed by atoms with E-state index in [9.17, 15) is 80.9 Å². The van der Waals surface area contributed by atoms with Crippen LogP contribution in [0.4, 0.5) is 0 Å². The lowest BCUT2D eigenvalue weighted by Gasteiger charge is -2.59. The average Bonchev–Trinajstić information content (AvgIpc) is 1.66. The van der Waals surface area contributed by atoms with Gasteiger partial charge in [-0.15, -0.1) is 0 Å². The number of aliphatic hydroxyl groups is 1. The third-order valence-corrected chi connectivity index (χ3v) is 16.8. The molecule has 0 aliphatic carbocycles. The molecule has 52 nitrogen and oxygen atoms in total. The van der Waals surface area contributed by atoms with Crippen molar-refractivity contribution in [3.05, 3.63) is 0 Å². The average molecular weight is 1350 g/mol. The minimum atomic E-state index is -7.11. The van der Waals surface area contributed by atoms with Gasteiger partial charge in [-0.3, -0.25) is 9.47 Å². The molecule has 14 atom stereocenters. The Labute approximate surface area is 431 Å². The zero-order valence-corrected chi connectivity index (χ0v) is 42.5. The van der Waals surface area contributed by atoms with Gasteiger partial charge in [0.25, 0.3) is 17.4 Å². The highest BCUT2D eigenvalue weighted by Crippen LogP contribution is 2.72. The van der Waals surface area contributed by atoms with E-state index < -0.39 is 203 Å². The topological polar surface area (TPSA) is 632 Å². The maximum atomic E-state index is 14.2. The summed E-state index contributed by atoms with van der Waals surface area (Å²) in [6.45, 7) is -10.2. The summed E-state index contributed by atoms with van der Waals surface area (Å²) in [5.74, 6) is -49.6. The number of hydrogen-bond donors (Lipinski definition) is 1. The normalized spacial score (nSPS) is 51.4. The van der Waals surface area contributed by atoms with Crippen molar-refractivity contribution in [1.82, 2.24) is 0 Å². The quantitative estimate of drug-likeness (QED) is 0.220. The van der Waals surface area contributed by atoms with Crippen molar-refractivity contribution < 1.29 is 230 Å². The second-order valence-corrected chi connectivity index (χ2v) is 25.5. The van der Waals surface area contributed by atoms with Crippen LogP contribution in [-0.2, 0) is 243 Å². The second-order valence-electron chi connectivity index (χ2n) is 15.4. The molecule has 0 aromatic heterocycles. The van der Waals surface area contributed by atoms with E-state index >= 15 is 0 Å². The fraction of sp³-hybridized carbons (Fsp3) is 1.00. The van der Waals surface area contributed by atoms with E-state index in [1.807, 2.05) is 0 Å². The van der Waals surface area contributed by atoms with Crippen molar-refractivity contribution in [3.63, 3.8) is 0 Å². The molecule has 8 spiro atoms. The van der Waals surface area contributed by atoms with Gasteiger partial charge < -0.3 is 19.3 Å². The summed E-state index contributed by atoms with van der Waals surface area (Å²) in [5, 5.41) is 13.0. The summed E-state index contributed by atoms with van der Waals surface area (Å²) in [4.78, 5) is 46.5. The molecule has 79 heavy (non-hydrogen) atoms. The fourth-order valence-corrected chi connectivity index (χ4v) is 14.5. The Morgan fingerprint density at radius 2 is 0.772 bits per heavy atom. The lowest BCUT2D eigenvalue weighted by atomic mass is 9.84. The van der Waals surface area contributed by atoms with Gasteiger partial charge in [0.1, 0.15) is 32.5 Å². The number of fused-ring (bicyclic) bond motifs is 15. The third-order valence-electron chi connectivity index (χ3n) is 10.7. The minimum absolute atomic E-state index is 1.76. The van der Waals surface area contributed by atoms with Gasteiger partial charge in [0.05, 0.1) is 0 Å². The van der Waals surface area contributed by atoms with E-state index in [0.717, 1.165) is 0 Å². The second kappa shape index (κ2) is 17.2. The van der Waals surface area contributed by atoms with Crippen molar-refractivity contribution in [3.8, 4) is 0 Å². The summed E-state index contributed by atoms with van der Waals surface area (Å²) in [5.41, 5.74) is 0. The first kappa shape index (κ1) is 57.6. The highest BCUT2D eigenvalue weighted by Gasteiger charge is 3.04.